The van der Waals surface area contributed by atoms with Gasteiger partial charge in [-0.25, -0.2) is 13.1 Å². The van der Waals surface area contributed by atoms with Gasteiger partial charge >= 0.3 is 0 Å². The van der Waals surface area contributed by atoms with Crippen LogP contribution in [-0.2, 0) is 27.8 Å². The molecule has 6 heteroatoms. The molecule has 1 N–H and O–H groups in total. The van der Waals surface area contributed by atoms with Crippen LogP contribution in [0.4, 0.5) is 0 Å². The second-order valence-corrected chi connectivity index (χ2v) is 7.61. The number of Topliss-reactive ketones (excluding diaryl/α,β-unsaturated/α-hetero) is 1. The van der Waals surface area contributed by atoms with Crippen molar-refractivity contribution < 1.29 is 17.9 Å². The molecule has 0 saturated carbocycles. The molecule has 1 aliphatic heterocycles. The first kappa shape index (κ1) is 16.8. The fourth-order valence-electron chi connectivity index (χ4n) is 2.71. The van der Waals surface area contributed by atoms with E-state index in [-0.39, 0.29) is 23.3 Å². The third-order valence-electron chi connectivity index (χ3n) is 4.09. The lowest BCUT2D eigenvalue weighted by molar-refractivity contribution is 0.0322. The summed E-state index contributed by atoms with van der Waals surface area (Å²) >= 11 is 0. The van der Waals surface area contributed by atoms with Gasteiger partial charge in [-0.15, -0.1) is 0 Å². The first-order valence-corrected chi connectivity index (χ1v) is 9.23. The molecule has 1 unspecified atom stereocenters. The summed E-state index contributed by atoms with van der Waals surface area (Å²) in [6, 6.07) is 14.0. The molecule has 0 spiro atoms. The Hall–Kier alpha value is -2.02. The molecule has 0 aliphatic carbocycles. The average Bonchev–Trinajstić information content (AvgIpc) is 2.60. The van der Waals surface area contributed by atoms with Crippen LogP contribution in [0.5, 0.6) is 0 Å². The van der Waals surface area contributed by atoms with Crippen molar-refractivity contribution in [2.24, 2.45) is 0 Å². The Labute approximate surface area is 141 Å². The van der Waals surface area contributed by atoms with Crippen LogP contribution in [0.25, 0.3) is 0 Å². The molecule has 0 radical (unpaired) electrons. The van der Waals surface area contributed by atoms with Gasteiger partial charge in [-0.2, -0.15) is 0 Å². The van der Waals surface area contributed by atoms with E-state index < -0.39 is 10.0 Å². The standard InChI is InChI=1S/C18H19NO4S/c1-13(20)14-7-4-8-18(10-14)24(21,22)19-11-17-9-15-5-2-3-6-16(15)12-23-17/h2-8,10,17,19H,9,11-12H2,1H3. The maximum absolute atomic E-state index is 12.4. The van der Waals surface area contributed by atoms with Gasteiger partial charge in [0, 0.05) is 18.5 Å². The Morgan fingerprint density at radius 3 is 2.67 bits per heavy atom. The zero-order valence-electron chi connectivity index (χ0n) is 13.4. The molecule has 1 heterocycles. The molecule has 0 fully saturated rings. The van der Waals surface area contributed by atoms with Crippen molar-refractivity contribution in [1.82, 2.24) is 4.72 Å². The van der Waals surface area contributed by atoms with E-state index in [9.17, 15) is 13.2 Å². The smallest absolute Gasteiger partial charge is 0.240 e. The van der Waals surface area contributed by atoms with Crippen LogP contribution in [0.1, 0.15) is 28.4 Å². The number of sulfonamides is 1. The van der Waals surface area contributed by atoms with Crippen molar-refractivity contribution in [2.75, 3.05) is 6.54 Å². The van der Waals surface area contributed by atoms with Crippen LogP contribution in [0.2, 0.25) is 0 Å². The molecule has 1 atom stereocenters. The summed E-state index contributed by atoms with van der Waals surface area (Å²) in [5.41, 5.74) is 2.71. The molecule has 1 aliphatic rings. The molecular formula is C18H19NO4S. The van der Waals surface area contributed by atoms with Gasteiger partial charge in [-0.05, 0) is 30.2 Å². The maximum Gasteiger partial charge on any atom is 0.240 e. The molecule has 24 heavy (non-hydrogen) atoms. The summed E-state index contributed by atoms with van der Waals surface area (Å²) < 4.78 is 33.1. The topological polar surface area (TPSA) is 72.5 Å². The second-order valence-electron chi connectivity index (χ2n) is 5.84. The zero-order valence-corrected chi connectivity index (χ0v) is 14.2. The minimum atomic E-state index is -3.68. The number of benzene rings is 2. The van der Waals surface area contributed by atoms with Gasteiger partial charge in [0.1, 0.15) is 0 Å². The third-order valence-corrected chi connectivity index (χ3v) is 5.51. The number of ketones is 1. The summed E-state index contributed by atoms with van der Waals surface area (Å²) in [7, 11) is -3.68. The average molecular weight is 345 g/mol. The molecular weight excluding hydrogens is 326 g/mol. The highest BCUT2D eigenvalue weighted by Crippen LogP contribution is 2.20. The van der Waals surface area contributed by atoms with Gasteiger partial charge in [0.25, 0.3) is 0 Å². The normalized spacial score (nSPS) is 17.3. The van der Waals surface area contributed by atoms with E-state index >= 15 is 0 Å². The first-order valence-electron chi connectivity index (χ1n) is 7.75. The van der Waals surface area contributed by atoms with E-state index in [1.807, 2.05) is 24.3 Å². The van der Waals surface area contributed by atoms with Crippen LogP contribution < -0.4 is 4.72 Å². The Morgan fingerprint density at radius 2 is 1.92 bits per heavy atom. The Balaban J connectivity index is 1.68. The van der Waals surface area contributed by atoms with Crippen LogP contribution in [0.3, 0.4) is 0 Å². The molecule has 126 valence electrons. The van der Waals surface area contributed by atoms with Gasteiger partial charge in [0.2, 0.25) is 10.0 Å². The number of carbonyl (C=O) groups is 1. The molecule has 2 aromatic rings. The molecule has 3 rings (SSSR count). The fraction of sp³-hybridized carbons (Fsp3) is 0.278. The number of hydrogen-bond acceptors (Lipinski definition) is 4. The van der Waals surface area contributed by atoms with Crippen molar-refractivity contribution in [3.8, 4) is 0 Å². The predicted octanol–water partition coefficient (Wildman–Crippen LogP) is 2.31. The van der Waals surface area contributed by atoms with Gasteiger partial charge < -0.3 is 4.74 Å². The number of fused-ring (bicyclic) bond motifs is 1. The number of carbonyl (C=O) groups excluding carboxylic acids is 1. The Morgan fingerprint density at radius 1 is 1.17 bits per heavy atom. The quantitative estimate of drug-likeness (QED) is 0.844. The fourth-order valence-corrected chi connectivity index (χ4v) is 3.82. The molecule has 0 saturated heterocycles. The van der Waals surface area contributed by atoms with Gasteiger partial charge in [-0.3, -0.25) is 4.79 Å². The third kappa shape index (κ3) is 3.72. The lowest BCUT2D eigenvalue weighted by atomic mass is 9.99. The van der Waals surface area contributed by atoms with Crippen molar-refractivity contribution in [2.45, 2.75) is 31.0 Å². The van der Waals surface area contributed by atoms with Crippen molar-refractivity contribution in [3.05, 3.63) is 65.2 Å². The number of nitrogens with one attached hydrogen (secondary N) is 1. The molecule has 0 amide bonds. The van der Waals surface area contributed by atoms with Crippen molar-refractivity contribution in [1.29, 1.82) is 0 Å². The highest BCUT2D eigenvalue weighted by Gasteiger charge is 2.22. The summed E-state index contributed by atoms with van der Waals surface area (Å²) in [6.45, 7) is 2.09. The minimum absolute atomic E-state index is 0.0893. The lowest BCUT2D eigenvalue weighted by Crippen LogP contribution is -2.36. The minimum Gasteiger partial charge on any atom is -0.372 e. The summed E-state index contributed by atoms with van der Waals surface area (Å²) in [5.74, 6) is -0.167. The predicted molar refractivity (Wildman–Crippen MR) is 90.4 cm³/mol. The van der Waals surface area contributed by atoms with Crippen molar-refractivity contribution >= 4 is 15.8 Å². The van der Waals surface area contributed by atoms with E-state index in [0.29, 0.717) is 18.6 Å². The number of rotatable bonds is 5. The maximum atomic E-state index is 12.4. The highest BCUT2D eigenvalue weighted by molar-refractivity contribution is 7.89. The van der Waals surface area contributed by atoms with Gasteiger partial charge in [-0.1, -0.05) is 36.4 Å². The van der Waals surface area contributed by atoms with Crippen LogP contribution >= 0.6 is 0 Å². The number of ether oxygens (including phenoxy) is 1. The largest absolute Gasteiger partial charge is 0.372 e. The first-order chi connectivity index (χ1) is 11.5. The van der Waals surface area contributed by atoms with Crippen LogP contribution in [0, 0.1) is 0 Å². The van der Waals surface area contributed by atoms with E-state index in [2.05, 4.69) is 4.72 Å². The highest BCUT2D eigenvalue weighted by atomic mass is 32.2. The molecule has 0 aromatic heterocycles. The summed E-state index contributed by atoms with van der Waals surface area (Å²) in [6.07, 6.45) is 0.470. The molecule has 2 aromatic carbocycles. The molecule has 0 bridgehead atoms. The van der Waals surface area contributed by atoms with Crippen LogP contribution in [0.15, 0.2) is 53.4 Å². The monoisotopic (exact) mass is 345 g/mol. The van der Waals surface area contributed by atoms with E-state index in [1.54, 1.807) is 12.1 Å². The number of hydrogen-bond donors (Lipinski definition) is 1. The Bertz CT molecular complexity index is 861. The van der Waals surface area contributed by atoms with E-state index in [4.69, 9.17) is 4.74 Å². The summed E-state index contributed by atoms with van der Waals surface area (Å²) in [4.78, 5) is 11.5. The van der Waals surface area contributed by atoms with Gasteiger partial charge in [0.05, 0.1) is 17.6 Å². The van der Waals surface area contributed by atoms with E-state index in [0.717, 1.165) is 5.56 Å². The lowest BCUT2D eigenvalue weighted by Gasteiger charge is -2.25. The van der Waals surface area contributed by atoms with Crippen molar-refractivity contribution in [3.63, 3.8) is 0 Å². The molecule has 5 nitrogen and oxygen atoms in total. The van der Waals surface area contributed by atoms with E-state index in [1.165, 1.54) is 24.6 Å². The second kappa shape index (κ2) is 6.84. The van der Waals surface area contributed by atoms with Gasteiger partial charge in [0.15, 0.2) is 5.78 Å². The summed E-state index contributed by atoms with van der Waals surface area (Å²) in [5, 5.41) is 0. The SMILES string of the molecule is CC(=O)c1cccc(S(=O)(=O)NCC2Cc3ccccc3CO2)c1. The zero-order chi connectivity index (χ0) is 17.2. The Kier molecular flexibility index (Phi) is 4.80. The van der Waals surface area contributed by atoms with Crippen LogP contribution in [-0.4, -0.2) is 26.8 Å².